The molecule has 2 heterocycles. The summed E-state index contributed by atoms with van der Waals surface area (Å²) >= 11 is 1.56. The lowest BCUT2D eigenvalue weighted by Gasteiger charge is -2.20. The molecule has 2 fully saturated rings. The number of nitrogens with one attached hydrogen (secondary N) is 1. The molecule has 1 aromatic rings. The van der Waals surface area contributed by atoms with E-state index in [2.05, 4.69) is 10.3 Å². The van der Waals surface area contributed by atoms with E-state index in [1.54, 1.807) is 17.5 Å². The molecule has 1 N–H and O–H groups in total. The van der Waals surface area contributed by atoms with Gasteiger partial charge in [-0.3, -0.25) is 19.3 Å². The fourth-order valence-corrected chi connectivity index (χ4v) is 4.14. The van der Waals surface area contributed by atoms with Gasteiger partial charge in [-0.2, -0.15) is 0 Å². The van der Waals surface area contributed by atoms with Crippen molar-refractivity contribution >= 4 is 29.1 Å². The van der Waals surface area contributed by atoms with Gasteiger partial charge in [0.1, 0.15) is 0 Å². The zero-order valence-corrected chi connectivity index (χ0v) is 13.9. The lowest BCUT2D eigenvalue weighted by atomic mass is 9.84. The van der Waals surface area contributed by atoms with Crippen LogP contribution in [0.3, 0.4) is 0 Å². The molecule has 3 amide bonds. The molecule has 1 saturated carbocycles. The molecule has 6 nitrogen and oxygen atoms in total. The first-order valence-electron chi connectivity index (χ1n) is 8.11. The van der Waals surface area contributed by atoms with Crippen molar-refractivity contribution in [1.29, 1.82) is 0 Å². The fraction of sp³-hybridized carbons (Fsp3) is 0.625. The van der Waals surface area contributed by atoms with Crippen LogP contribution in [0.1, 0.15) is 43.5 Å². The van der Waals surface area contributed by atoms with Crippen LogP contribution >= 0.6 is 11.3 Å². The Morgan fingerprint density at radius 3 is 2.83 bits per heavy atom. The number of imide groups is 1. The highest BCUT2D eigenvalue weighted by molar-refractivity contribution is 7.09. The fourth-order valence-electron chi connectivity index (χ4n) is 3.52. The molecule has 3 rings (SSSR count). The van der Waals surface area contributed by atoms with E-state index in [9.17, 15) is 14.4 Å². The minimum absolute atomic E-state index is 0.0596. The number of nitrogens with zero attached hydrogens (tertiary/aromatic N) is 2. The topological polar surface area (TPSA) is 79.4 Å². The van der Waals surface area contributed by atoms with Gasteiger partial charge in [-0.1, -0.05) is 12.8 Å². The lowest BCUT2D eigenvalue weighted by Crippen LogP contribution is -2.37. The summed E-state index contributed by atoms with van der Waals surface area (Å²) in [6, 6.07) is 0. The summed E-state index contributed by atoms with van der Waals surface area (Å²) in [5, 5.41) is 5.70. The van der Waals surface area contributed by atoms with E-state index in [0.717, 1.165) is 30.7 Å². The van der Waals surface area contributed by atoms with Crippen LogP contribution in [-0.4, -0.2) is 40.7 Å². The summed E-state index contributed by atoms with van der Waals surface area (Å²) in [5.41, 5.74) is -0.446. The van der Waals surface area contributed by atoms with Crippen molar-refractivity contribution in [1.82, 2.24) is 15.2 Å². The predicted molar refractivity (Wildman–Crippen MR) is 85.7 cm³/mol. The van der Waals surface area contributed by atoms with Crippen LogP contribution in [0.15, 0.2) is 11.6 Å². The quantitative estimate of drug-likeness (QED) is 0.799. The highest BCUT2D eigenvalue weighted by Gasteiger charge is 2.52. The second-order valence-corrected chi connectivity index (χ2v) is 7.27. The number of carbonyl (C=O) groups excluding carboxylic acids is 3. The summed E-state index contributed by atoms with van der Waals surface area (Å²) in [4.78, 5) is 41.9. The van der Waals surface area contributed by atoms with Crippen molar-refractivity contribution in [3.63, 3.8) is 0 Å². The molecule has 1 spiro atoms. The van der Waals surface area contributed by atoms with Crippen LogP contribution in [-0.2, 0) is 20.8 Å². The van der Waals surface area contributed by atoms with Crippen molar-refractivity contribution in [2.75, 3.05) is 13.1 Å². The molecule has 0 aromatic carbocycles. The number of carbonyl (C=O) groups is 3. The Kier molecular flexibility index (Phi) is 4.75. The maximum absolute atomic E-state index is 12.5. The van der Waals surface area contributed by atoms with Crippen molar-refractivity contribution < 1.29 is 14.4 Å². The van der Waals surface area contributed by atoms with E-state index in [1.807, 2.05) is 5.38 Å². The molecule has 124 valence electrons. The molecule has 7 heteroatoms. The Balaban J connectivity index is 1.43. The normalized spacial score (nSPS) is 19.7. The first kappa shape index (κ1) is 16.1. The van der Waals surface area contributed by atoms with Gasteiger partial charge in [0.2, 0.25) is 17.7 Å². The van der Waals surface area contributed by atoms with Crippen molar-refractivity contribution in [2.45, 2.75) is 44.9 Å². The van der Waals surface area contributed by atoms with Crippen LogP contribution in [0.5, 0.6) is 0 Å². The third-order valence-corrected chi connectivity index (χ3v) is 5.60. The van der Waals surface area contributed by atoms with Gasteiger partial charge in [-0.25, -0.2) is 4.98 Å². The molecule has 1 saturated heterocycles. The maximum atomic E-state index is 12.5. The van der Waals surface area contributed by atoms with Gasteiger partial charge in [0.05, 0.1) is 10.4 Å². The van der Waals surface area contributed by atoms with Crippen LogP contribution in [0.4, 0.5) is 0 Å². The third-order valence-electron chi connectivity index (χ3n) is 4.76. The zero-order chi connectivity index (χ0) is 16.3. The Morgan fingerprint density at radius 2 is 2.13 bits per heavy atom. The Morgan fingerprint density at radius 1 is 1.35 bits per heavy atom. The van der Waals surface area contributed by atoms with Crippen LogP contribution in [0.25, 0.3) is 0 Å². The molecular weight excluding hydrogens is 314 g/mol. The third kappa shape index (κ3) is 3.44. The number of amides is 3. The zero-order valence-electron chi connectivity index (χ0n) is 13.0. The van der Waals surface area contributed by atoms with E-state index in [1.165, 1.54) is 4.90 Å². The predicted octanol–water partition coefficient (Wildman–Crippen LogP) is 1.51. The summed E-state index contributed by atoms with van der Waals surface area (Å²) in [5.74, 6) is -0.308. The summed E-state index contributed by atoms with van der Waals surface area (Å²) < 4.78 is 0. The second-order valence-electron chi connectivity index (χ2n) is 6.29. The molecule has 23 heavy (non-hydrogen) atoms. The average molecular weight is 335 g/mol. The second kappa shape index (κ2) is 6.78. The van der Waals surface area contributed by atoms with E-state index in [4.69, 9.17) is 0 Å². The lowest BCUT2D eigenvalue weighted by molar-refractivity contribution is -0.141. The Labute approximate surface area is 139 Å². The number of aromatic nitrogens is 1. The highest BCUT2D eigenvalue weighted by atomic mass is 32.1. The molecule has 1 aliphatic carbocycles. The van der Waals surface area contributed by atoms with Crippen molar-refractivity contribution in [2.24, 2.45) is 5.41 Å². The van der Waals surface area contributed by atoms with E-state index < -0.39 is 5.41 Å². The average Bonchev–Trinajstić information content (AvgIpc) is 3.23. The largest absolute Gasteiger partial charge is 0.356 e. The molecule has 2 aliphatic rings. The molecule has 0 atom stereocenters. The summed E-state index contributed by atoms with van der Waals surface area (Å²) in [6.07, 6.45) is 6.61. The van der Waals surface area contributed by atoms with Crippen molar-refractivity contribution in [3.05, 3.63) is 16.6 Å². The minimum Gasteiger partial charge on any atom is -0.356 e. The molecule has 0 unspecified atom stereocenters. The number of thiazole rings is 1. The van der Waals surface area contributed by atoms with Crippen LogP contribution < -0.4 is 5.32 Å². The van der Waals surface area contributed by atoms with Gasteiger partial charge < -0.3 is 5.32 Å². The van der Waals surface area contributed by atoms with Gasteiger partial charge in [-0.15, -0.1) is 11.3 Å². The van der Waals surface area contributed by atoms with Crippen molar-refractivity contribution in [3.8, 4) is 0 Å². The van der Waals surface area contributed by atoms with Gasteiger partial charge in [0.25, 0.3) is 0 Å². The van der Waals surface area contributed by atoms with Gasteiger partial charge in [0, 0.05) is 43.9 Å². The monoisotopic (exact) mass is 335 g/mol. The molecule has 0 radical (unpaired) electrons. The molecular formula is C16H21N3O3S. The number of hydrogen-bond donors (Lipinski definition) is 1. The van der Waals surface area contributed by atoms with Gasteiger partial charge in [0.15, 0.2) is 0 Å². The summed E-state index contributed by atoms with van der Waals surface area (Å²) in [7, 11) is 0. The van der Waals surface area contributed by atoms with E-state index in [-0.39, 0.29) is 30.7 Å². The number of hydrogen-bond acceptors (Lipinski definition) is 5. The van der Waals surface area contributed by atoms with E-state index in [0.29, 0.717) is 19.4 Å². The maximum Gasteiger partial charge on any atom is 0.235 e. The Bertz CT molecular complexity index is 594. The van der Waals surface area contributed by atoms with Gasteiger partial charge in [-0.05, 0) is 12.8 Å². The van der Waals surface area contributed by atoms with Crippen LogP contribution in [0.2, 0.25) is 0 Å². The highest BCUT2D eigenvalue weighted by Crippen LogP contribution is 2.46. The smallest absolute Gasteiger partial charge is 0.235 e. The Hall–Kier alpha value is -1.76. The molecule has 1 aliphatic heterocycles. The number of rotatable bonds is 6. The van der Waals surface area contributed by atoms with E-state index >= 15 is 0 Å². The molecule has 0 bridgehead atoms. The SMILES string of the molecule is O=C(CCN1C(=O)CC2(CCCC2)C1=O)NCCc1nccs1. The number of likely N-dealkylation sites (tertiary alicyclic amines) is 1. The van der Waals surface area contributed by atoms with Crippen LogP contribution in [0, 0.1) is 5.41 Å². The standard InChI is InChI=1S/C16H21N3O3S/c20-12(17-7-3-13-18-8-10-23-13)4-9-19-14(21)11-16(15(19)22)5-1-2-6-16/h8,10H,1-7,9,11H2,(H,17,20). The first-order chi connectivity index (χ1) is 11.1. The minimum atomic E-state index is -0.446. The molecule has 1 aromatic heterocycles. The van der Waals surface area contributed by atoms with Gasteiger partial charge >= 0.3 is 0 Å². The summed E-state index contributed by atoms with van der Waals surface area (Å²) in [6.45, 7) is 0.723. The first-order valence-corrected chi connectivity index (χ1v) is 8.99.